The molecule has 0 fully saturated rings. The predicted octanol–water partition coefficient (Wildman–Crippen LogP) is 0.0511. The summed E-state index contributed by atoms with van der Waals surface area (Å²) in [6.45, 7) is 0. The second kappa shape index (κ2) is 2.26. The van der Waals surface area contributed by atoms with Crippen molar-refractivity contribution in [2.45, 2.75) is 0 Å². The van der Waals surface area contributed by atoms with E-state index in [4.69, 9.17) is 5.11 Å². The van der Waals surface area contributed by atoms with E-state index in [1.165, 1.54) is 6.20 Å². The van der Waals surface area contributed by atoms with E-state index in [1.54, 1.807) is 6.20 Å². The van der Waals surface area contributed by atoms with Crippen LogP contribution in [0.5, 0.6) is 0 Å². The standard InChI is InChI=1S/C6H4N4O2/c11-6(12)5-7-1-3-2-8-10-4(3)9-5/h1-2H,(H,11,12)(H,7,8,9,10). The summed E-state index contributed by atoms with van der Waals surface area (Å²) < 4.78 is 0. The first-order valence-electron chi connectivity index (χ1n) is 3.17. The van der Waals surface area contributed by atoms with Crippen LogP contribution in [-0.4, -0.2) is 31.2 Å². The van der Waals surface area contributed by atoms with Gasteiger partial charge in [-0.3, -0.25) is 5.10 Å². The Kier molecular flexibility index (Phi) is 1.26. The average Bonchev–Trinajstić information content (AvgIpc) is 2.49. The van der Waals surface area contributed by atoms with Gasteiger partial charge in [-0.2, -0.15) is 5.10 Å². The molecule has 0 aliphatic rings. The predicted molar refractivity (Wildman–Crippen MR) is 38.6 cm³/mol. The van der Waals surface area contributed by atoms with Gasteiger partial charge in [0, 0.05) is 12.4 Å². The van der Waals surface area contributed by atoms with Gasteiger partial charge in [0.15, 0.2) is 5.65 Å². The van der Waals surface area contributed by atoms with Crippen molar-refractivity contribution >= 4 is 17.0 Å². The van der Waals surface area contributed by atoms with E-state index < -0.39 is 5.97 Å². The minimum Gasteiger partial charge on any atom is -0.475 e. The highest BCUT2D eigenvalue weighted by Crippen LogP contribution is 2.04. The fourth-order valence-electron chi connectivity index (χ4n) is 0.840. The van der Waals surface area contributed by atoms with E-state index in [0.717, 1.165) is 0 Å². The monoisotopic (exact) mass is 164 g/mol. The van der Waals surface area contributed by atoms with Gasteiger partial charge in [0.05, 0.1) is 5.39 Å². The number of carbonyl (C=O) groups is 1. The van der Waals surface area contributed by atoms with Gasteiger partial charge in [-0.1, -0.05) is 0 Å². The Morgan fingerprint density at radius 2 is 2.42 bits per heavy atom. The zero-order valence-corrected chi connectivity index (χ0v) is 5.85. The van der Waals surface area contributed by atoms with Crippen molar-refractivity contribution in [3.8, 4) is 0 Å². The summed E-state index contributed by atoms with van der Waals surface area (Å²) in [5.74, 6) is -1.39. The average molecular weight is 164 g/mol. The Morgan fingerprint density at radius 3 is 3.17 bits per heavy atom. The van der Waals surface area contributed by atoms with Crippen molar-refractivity contribution in [1.82, 2.24) is 20.2 Å². The number of aromatic nitrogens is 4. The first kappa shape index (κ1) is 6.71. The van der Waals surface area contributed by atoms with Crippen LogP contribution < -0.4 is 0 Å². The maximum Gasteiger partial charge on any atom is 0.374 e. The second-order valence-corrected chi connectivity index (χ2v) is 2.16. The topological polar surface area (TPSA) is 91.8 Å². The minimum absolute atomic E-state index is 0.241. The number of carboxylic acid groups (broad SMARTS) is 1. The summed E-state index contributed by atoms with van der Waals surface area (Å²) >= 11 is 0. The highest BCUT2D eigenvalue weighted by Gasteiger charge is 2.07. The molecule has 6 heteroatoms. The van der Waals surface area contributed by atoms with E-state index >= 15 is 0 Å². The largest absolute Gasteiger partial charge is 0.475 e. The maximum absolute atomic E-state index is 10.4. The summed E-state index contributed by atoms with van der Waals surface area (Å²) in [7, 11) is 0. The number of hydrogen-bond donors (Lipinski definition) is 2. The van der Waals surface area contributed by atoms with Gasteiger partial charge in [0.25, 0.3) is 0 Å². The van der Waals surface area contributed by atoms with E-state index in [-0.39, 0.29) is 5.82 Å². The van der Waals surface area contributed by atoms with E-state index in [0.29, 0.717) is 11.0 Å². The van der Waals surface area contributed by atoms with Crippen molar-refractivity contribution in [2.24, 2.45) is 0 Å². The Hall–Kier alpha value is -1.98. The first-order chi connectivity index (χ1) is 5.77. The van der Waals surface area contributed by atoms with Gasteiger partial charge in [0.1, 0.15) is 0 Å². The van der Waals surface area contributed by atoms with Crippen LogP contribution in [0.25, 0.3) is 11.0 Å². The molecular weight excluding hydrogens is 160 g/mol. The lowest BCUT2D eigenvalue weighted by Crippen LogP contribution is -2.03. The van der Waals surface area contributed by atoms with Gasteiger partial charge in [-0.05, 0) is 0 Å². The molecule has 0 radical (unpaired) electrons. The number of hydrogen-bond acceptors (Lipinski definition) is 4. The number of fused-ring (bicyclic) bond motifs is 1. The molecule has 2 N–H and O–H groups in total. The number of nitrogens with zero attached hydrogens (tertiary/aromatic N) is 3. The molecule has 12 heavy (non-hydrogen) atoms. The van der Waals surface area contributed by atoms with Crippen LogP contribution in [0.15, 0.2) is 12.4 Å². The molecule has 0 saturated heterocycles. The summed E-state index contributed by atoms with van der Waals surface area (Å²) in [5, 5.41) is 15.5. The molecule has 60 valence electrons. The quantitative estimate of drug-likeness (QED) is 0.621. The molecule has 0 bridgehead atoms. The molecule has 0 aromatic carbocycles. The van der Waals surface area contributed by atoms with Crippen molar-refractivity contribution in [1.29, 1.82) is 0 Å². The summed E-state index contributed by atoms with van der Waals surface area (Å²) in [4.78, 5) is 17.7. The molecule has 0 amide bonds. The zero-order valence-electron chi connectivity index (χ0n) is 5.85. The third kappa shape index (κ3) is 0.895. The SMILES string of the molecule is O=C(O)c1ncc2c[nH]nc2n1. The minimum atomic E-state index is -1.15. The van der Waals surface area contributed by atoms with Gasteiger partial charge in [0.2, 0.25) is 5.82 Å². The van der Waals surface area contributed by atoms with Gasteiger partial charge >= 0.3 is 5.97 Å². The van der Waals surface area contributed by atoms with Crippen molar-refractivity contribution < 1.29 is 9.90 Å². The maximum atomic E-state index is 10.4. The van der Waals surface area contributed by atoms with Crippen LogP contribution in [0.1, 0.15) is 10.6 Å². The Balaban J connectivity index is 2.68. The van der Waals surface area contributed by atoms with Crippen LogP contribution in [0.4, 0.5) is 0 Å². The summed E-state index contributed by atoms with van der Waals surface area (Å²) in [6, 6.07) is 0. The molecule has 0 spiro atoms. The van der Waals surface area contributed by atoms with Gasteiger partial charge in [-0.15, -0.1) is 0 Å². The number of H-pyrrole nitrogens is 1. The lowest BCUT2D eigenvalue weighted by atomic mass is 10.4. The highest BCUT2D eigenvalue weighted by atomic mass is 16.4. The van der Waals surface area contributed by atoms with Crippen molar-refractivity contribution in [3.63, 3.8) is 0 Å². The molecule has 0 unspecified atom stereocenters. The molecule has 2 rings (SSSR count). The summed E-state index contributed by atoms with van der Waals surface area (Å²) in [6.07, 6.45) is 3.01. The molecule has 0 saturated carbocycles. The van der Waals surface area contributed by atoms with Crippen molar-refractivity contribution in [3.05, 3.63) is 18.2 Å². The molecule has 2 heterocycles. The number of aromatic carboxylic acids is 1. The lowest BCUT2D eigenvalue weighted by molar-refractivity contribution is 0.0684. The lowest BCUT2D eigenvalue weighted by Gasteiger charge is -1.89. The third-order valence-electron chi connectivity index (χ3n) is 1.38. The number of rotatable bonds is 1. The van der Waals surface area contributed by atoms with Gasteiger partial charge in [-0.25, -0.2) is 14.8 Å². The van der Waals surface area contributed by atoms with Gasteiger partial charge < -0.3 is 5.11 Å². The molecule has 2 aromatic rings. The molecular formula is C6H4N4O2. The van der Waals surface area contributed by atoms with E-state index in [1.807, 2.05) is 0 Å². The molecule has 2 aromatic heterocycles. The molecule has 6 nitrogen and oxygen atoms in total. The number of aromatic amines is 1. The van der Waals surface area contributed by atoms with Crippen LogP contribution in [-0.2, 0) is 0 Å². The third-order valence-corrected chi connectivity index (χ3v) is 1.38. The zero-order chi connectivity index (χ0) is 8.55. The van der Waals surface area contributed by atoms with Crippen molar-refractivity contribution in [2.75, 3.05) is 0 Å². The summed E-state index contributed by atoms with van der Waals surface area (Å²) in [5.41, 5.74) is 0.363. The fraction of sp³-hybridized carbons (Fsp3) is 0. The van der Waals surface area contributed by atoms with Crippen LogP contribution in [0.2, 0.25) is 0 Å². The van der Waals surface area contributed by atoms with E-state index in [9.17, 15) is 4.79 Å². The van der Waals surface area contributed by atoms with Crippen LogP contribution in [0.3, 0.4) is 0 Å². The highest BCUT2D eigenvalue weighted by molar-refractivity contribution is 5.85. The second-order valence-electron chi connectivity index (χ2n) is 2.16. The van der Waals surface area contributed by atoms with Crippen LogP contribution >= 0.6 is 0 Å². The smallest absolute Gasteiger partial charge is 0.374 e. The normalized spacial score (nSPS) is 10.3. The Morgan fingerprint density at radius 1 is 1.58 bits per heavy atom. The molecule has 0 aliphatic heterocycles. The van der Waals surface area contributed by atoms with Crippen LogP contribution in [0, 0.1) is 0 Å². The number of nitrogens with one attached hydrogen (secondary N) is 1. The first-order valence-corrected chi connectivity index (χ1v) is 3.17. The molecule has 0 aliphatic carbocycles. The molecule has 0 atom stereocenters. The number of carboxylic acids is 1. The Bertz CT molecular complexity index is 436. The fourth-order valence-corrected chi connectivity index (χ4v) is 0.840. The van der Waals surface area contributed by atoms with E-state index in [2.05, 4.69) is 20.2 Å². The Labute approximate surface area is 66.3 Å².